The second-order valence-corrected chi connectivity index (χ2v) is 18.6. The average molecular weight is 669 g/mol. The Bertz CT molecular complexity index is 1510. The molecule has 4 aromatic rings. The van der Waals surface area contributed by atoms with Gasteiger partial charge in [-0.2, -0.15) is 0 Å². The summed E-state index contributed by atoms with van der Waals surface area (Å²) in [6.45, 7) is 0. The number of allylic oxidation sites excluding steroid dienone is 4. The first-order valence-electron chi connectivity index (χ1n) is 15.3. The summed E-state index contributed by atoms with van der Waals surface area (Å²) in [5.41, 5.74) is 11.9. The van der Waals surface area contributed by atoms with Crippen LogP contribution in [0.1, 0.15) is 82.0 Å². The van der Waals surface area contributed by atoms with Crippen LogP contribution in [0, 0.1) is 0 Å². The molecule has 0 bridgehead atoms. The number of fused-ring (bicyclic) bond motifs is 3. The third kappa shape index (κ3) is 6.60. The molecular formula is C39H38Cl2Zr. The molecule has 0 unspecified atom stereocenters. The second kappa shape index (κ2) is 14.4. The van der Waals surface area contributed by atoms with Crippen molar-refractivity contribution in [3.8, 4) is 11.1 Å². The SMILES string of the molecule is C1=CC[C]([Zr+2](=[C]2CCCCCC2)[CH]2c3ccc(Cc4ccccc4)cc3-c3cc(Cc4ccccc4)ccc32)=C1.[Cl-].[Cl-]. The number of rotatable bonds is 6. The molecule has 3 heteroatoms. The first-order chi connectivity index (χ1) is 19.8. The van der Waals surface area contributed by atoms with E-state index in [-0.39, 0.29) is 24.8 Å². The zero-order valence-electron chi connectivity index (χ0n) is 24.2. The van der Waals surface area contributed by atoms with Crippen molar-refractivity contribution >= 4 is 3.21 Å². The molecule has 0 heterocycles. The van der Waals surface area contributed by atoms with Crippen LogP contribution >= 0.6 is 0 Å². The summed E-state index contributed by atoms with van der Waals surface area (Å²) in [7, 11) is 0. The fourth-order valence-electron chi connectivity index (χ4n) is 7.23. The van der Waals surface area contributed by atoms with Gasteiger partial charge in [0.2, 0.25) is 0 Å². The number of hydrogen-bond donors (Lipinski definition) is 0. The van der Waals surface area contributed by atoms with E-state index in [1.165, 1.54) is 78.3 Å². The summed E-state index contributed by atoms with van der Waals surface area (Å²) in [6, 6.07) is 37.0. The van der Waals surface area contributed by atoms with Crippen LogP contribution in [0.2, 0.25) is 0 Å². The van der Waals surface area contributed by atoms with E-state index in [0.29, 0.717) is 3.63 Å². The Morgan fingerprint density at radius 1 is 0.571 bits per heavy atom. The molecule has 42 heavy (non-hydrogen) atoms. The van der Waals surface area contributed by atoms with Crippen molar-refractivity contribution in [3.63, 3.8) is 0 Å². The van der Waals surface area contributed by atoms with Gasteiger partial charge in [-0.05, 0) is 0 Å². The van der Waals surface area contributed by atoms with E-state index in [4.69, 9.17) is 0 Å². The molecule has 0 aliphatic heterocycles. The predicted octanol–water partition coefficient (Wildman–Crippen LogP) is 3.93. The summed E-state index contributed by atoms with van der Waals surface area (Å²) in [5, 5.41) is 0. The van der Waals surface area contributed by atoms with Gasteiger partial charge in [0.1, 0.15) is 0 Å². The molecule has 1 saturated carbocycles. The van der Waals surface area contributed by atoms with Crippen molar-refractivity contribution in [2.24, 2.45) is 0 Å². The zero-order valence-corrected chi connectivity index (χ0v) is 28.1. The summed E-state index contributed by atoms with van der Waals surface area (Å²) in [6.07, 6.45) is 18.9. The topological polar surface area (TPSA) is 0 Å². The van der Waals surface area contributed by atoms with E-state index in [1.54, 1.807) is 11.1 Å². The van der Waals surface area contributed by atoms with E-state index in [2.05, 4.69) is 115 Å². The molecule has 4 aromatic carbocycles. The number of benzene rings is 4. The minimum absolute atomic E-state index is 0. The Hall–Kier alpha value is -2.31. The van der Waals surface area contributed by atoms with Crippen LogP contribution in [0.4, 0.5) is 0 Å². The van der Waals surface area contributed by atoms with Gasteiger partial charge in [0.15, 0.2) is 0 Å². The van der Waals surface area contributed by atoms with E-state index < -0.39 is 21.3 Å². The number of halogens is 2. The van der Waals surface area contributed by atoms with Gasteiger partial charge in [0, 0.05) is 0 Å². The van der Waals surface area contributed by atoms with Crippen LogP contribution in [0.5, 0.6) is 0 Å². The van der Waals surface area contributed by atoms with E-state index >= 15 is 0 Å². The van der Waals surface area contributed by atoms with Gasteiger partial charge < -0.3 is 24.8 Å². The van der Waals surface area contributed by atoms with Crippen molar-refractivity contribution < 1.29 is 46.1 Å². The minimum Gasteiger partial charge on any atom is -1.00 e. The fourth-order valence-corrected chi connectivity index (χ4v) is 16.7. The Morgan fingerprint density at radius 3 is 1.57 bits per heavy atom. The molecule has 212 valence electrons. The Labute approximate surface area is 272 Å². The van der Waals surface area contributed by atoms with Gasteiger partial charge >= 0.3 is 249 Å². The maximum atomic E-state index is 2.55. The van der Waals surface area contributed by atoms with Gasteiger partial charge in [0.25, 0.3) is 0 Å². The molecule has 3 aliphatic rings. The van der Waals surface area contributed by atoms with Crippen LogP contribution < -0.4 is 24.8 Å². The summed E-state index contributed by atoms with van der Waals surface area (Å²) in [5.74, 6) is 0. The standard InChI is InChI=1S/C27H21.C7H12.C5H5.2ClH.Zr/c1-3-7-20(8-4-1)15-22-11-13-24-19-25-14-12-23(18-27(25)26(24)17-22)16-21-9-5-2-6-10-21;1-2-4-6-7-5-3-1;1-2-4-5-3-1;;;/h1-14,17-19H,15-16H2;1-6H2;1-3H,4H2;2*1H;/q;;;;;+2/p-2. The molecule has 1 fully saturated rings. The Balaban J connectivity index is 0.00000176. The van der Waals surface area contributed by atoms with E-state index in [1.807, 2.05) is 6.49 Å². The molecule has 0 aromatic heterocycles. The molecule has 0 N–H and O–H groups in total. The van der Waals surface area contributed by atoms with Gasteiger partial charge in [-0.25, -0.2) is 0 Å². The minimum atomic E-state index is -2.16. The largest absolute Gasteiger partial charge is 1.00 e. The van der Waals surface area contributed by atoms with Gasteiger partial charge in [-0.15, -0.1) is 0 Å². The van der Waals surface area contributed by atoms with Crippen LogP contribution in [-0.2, 0) is 34.1 Å². The molecular weight excluding hydrogens is 631 g/mol. The van der Waals surface area contributed by atoms with Crippen molar-refractivity contribution in [3.05, 3.63) is 152 Å². The average Bonchev–Trinajstić information content (AvgIpc) is 3.53. The maximum Gasteiger partial charge on any atom is -1.00 e. The van der Waals surface area contributed by atoms with Crippen LogP contribution in [0.3, 0.4) is 0 Å². The second-order valence-electron chi connectivity index (χ2n) is 11.9. The quantitative estimate of drug-likeness (QED) is 0.274. The van der Waals surface area contributed by atoms with Crippen molar-refractivity contribution in [1.82, 2.24) is 0 Å². The summed E-state index contributed by atoms with van der Waals surface area (Å²) < 4.78 is 4.44. The smallest absolute Gasteiger partial charge is 1.00 e. The van der Waals surface area contributed by atoms with Crippen LogP contribution in [0.25, 0.3) is 11.1 Å². The third-order valence-electron chi connectivity index (χ3n) is 9.14. The molecule has 0 nitrogen and oxygen atoms in total. The van der Waals surface area contributed by atoms with E-state index in [9.17, 15) is 0 Å². The number of hydrogen-bond acceptors (Lipinski definition) is 0. The monoisotopic (exact) mass is 666 g/mol. The zero-order chi connectivity index (χ0) is 26.7. The predicted molar refractivity (Wildman–Crippen MR) is 167 cm³/mol. The molecule has 3 aliphatic carbocycles. The van der Waals surface area contributed by atoms with Gasteiger partial charge in [-0.1, -0.05) is 0 Å². The fraction of sp³-hybridized carbons (Fsp3) is 0.256. The van der Waals surface area contributed by atoms with Gasteiger partial charge in [-0.3, -0.25) is 0 Å². The molecule has 0 saturated heterocycles. The first-order valence-corrected chi connectivity index (χ1v) is 19.1. The normalized spacial score (nSPS) is 15.4. The molecule has 0 amide bonds. The van der Waals surface area contributed by atoms with Crippen molar-refractivity contribution in [2.45, 2.75) is 61.4 Å². The van der Waals surface area contributed by atoms with E-state index in [0.717, 1.165) is 12.8 Å². The molecule has 0 atom stereocenters. The Kier molecular flexibility index (Phi) is 10.7. The van der Waals surface area contributed by atoms with Crippen LogP contribution in [0.15, 0.2) is 119 Å². The Morgan fingerprint density at radius 2 is 1.10 bits per heavy atom. The van der Waals surface area contributed by atoms with Crippen molar-refractivity contribution in [1.29, 1.82) is 0 Å². The summed E-state index contributed by atoms with van der Waals surface area (Å²) in [4.78, 5) is 0. The first kappa shape index (κ1) is 31.1. The third-order valence-corrected chi connectivity index (χ3v) is 17.8. The van der Waals surface area contributed by atoms with Gasteiger partial charge in [0.05, 0.1) is 0 Å². The molecule has 0 spiro atoms. The van der Waals surface area contributed by atoms with Crippen LogP contribution in [-0.4, -0.2) is 3.21 Å². The molecule has 0 radical (unpaired) electrons. The molecule has 7 rings (SSSR count). The van der Waals surface area contributed by atoms with Crippen molar-refractivity contribution in [2.75, 3.05) is 0 Å². The summed E-state index contributed by atoms with van der Waals surface area (Å²) >= 11 is -2.16. The maximum absolute atomic E-state index is 2.55.